The lowest BCUT2D eigenvalue weighted by Crippen LogP contribution is -2.40. The van der Waals surface area contributed by atoms with Crippen LogP contribution < -0.4 is 14.8 Å². The average Bonchev–Trinajstić information content (AvgIpc) is 3.28. The molecule has 1 aromatic heterocycles. The summed E-state index contributed by atoms with van der Waals surface area (Å²) in [6.45, 7) is 3.12. The van der Waals surface area contributed by atoms with Gasteiger partial charge >= 0.3 is 0 Å². The van der Waals surface area contributed by atoms with Crippen molar-refractivity contribution in [2.75, 3.05) is 31.6 Å². The van der Waals surface area contributed by atoms with Gasteiger partial charge in [0.05, 0.1) is 12.5 Å². The molecule has 0 aliphatic carbocycles. The SMILES string of the molecule is O=C(Nc1ccc2c(c1)OCCO2)C1CCCN(Cc2nc(-c3cccc(Br)c3)no2)C1. The van der Waals surface area contributed by atoms with Crippen LogP contribution in [0.4, 0.5) is 5.69 Å². The van der Waals surface area contributed by atoms with Gasteiger partial charge in [-0.3, -0.25) is 9.69 Å². The van der Waals surface area contributed by atoms with Gasteiger partial charge in [-0.05, 0) is 43.7 Å². The number of piperidine rings is 1. The van der Waals surface area contributed by atoms with E-state index in [0.717, 1.165) is 29.4 Å². The normalized spacial score (nSPS) is 18.3. The van der Waals surface area contributed by atoms with Gasteiger partial charge in [0.1, 0.15) is 13.2 Å². The van der Waals surface area contributed by atoms with E-state index in [-0.39, 0.29) is 11.8 Å². The smallest absolute Gasteiger partial charge is 0.241 e. The van der Waals surface area contributed by atoms with Crippen LogP contribution in [0.5, 0.6) is 11.5 Å². The molecular weight excluding hydrogens is 476 g/mol. The molecule has 1 fully saturated rings. The number of ether oxygens (including phenoxy) is 2. The number of carbonyl (C=O) groups excluding carboxylic acids is 1. The van der Waals surface area contributed by atoms with Crippen LogP contribution in [-0.2, 0) is 11.3 Å². The molecule has 2 aliphatic rings. The van der Waals surface area contributed by atoms with E-state index in [0.29, 0.717) is 55.2 Å². The zero-order valence-corrected chi connectivity index (χ0v) is 19.0. The molecule has 0 bridgehead atoms. The van der Waals surface area contributed by atoms with Crippen LogP contribution in [-0.4, -0.2) is 47.3 Å². The minimum absolute atomic E-state index is 0.00623. The van der Waals surface area contributed by atoms with Gasteiger partial charge in [0.2, 0.25) is 17.6 Å². The molecule has 2 aliphatic heterocycles. The number of fused-ring (bicyclic) bond motifs is 1. The second-order valence-corrected chi connectivity index (χ2v) is 8.86. The van der Waals surface area contributed by atoms with Gasteiger partial charge in [0.25, 0.3) is 0 Å². The first-order valence-electron chi connectivity index (χ1n) is 10.7. The standard InChI is InChI=1S/C23H23BrN4O4/c24-17-5-1-3-15(11-17)22-26-21(32-27-22)14-28-8-2-4-16(13-28)23(29)25-18-6-7-19-20(12-18)31-10-9-30-19/h1,3,5-7,11-12,16H,2,4,8-10,13-14H2,(H,25,29). The Morgan fingerprint density at radius 3 is 2.91 bits per heavy atom. The minimum Gasteiger partial charge on any atom is -0.486 e. The van der Waals surface area contributed by atoms with Crippen LogP contribution in [0.25, 0.3) is 11.4 Å². The fraction of sp³-hybridized carbons (Fsp3) is 0.348. The quantitative estimate of drug-likeness (QED) is 0.565. The van der Waals surface area contributed by atoms with Crippen LogP contribution in [0.15, 0.2) is 51.5 Å². The van der Waals surface area contributed by atoms with E-state index in [1.807, 2.05) is 42.5 Å². The van der Waals surface area contributed by atoms with Crippen LogP contribution in [0.2, 0.25) is 0 Å². The second kappa shape index (κ2) is 9.30. The van der Waals surface area contributed by atoms with Crippen LogP contribution in [0.3, 0.4) is 0 Å². The zero-order chi connectivity index (χ0) is 21.9. The summed E-state index contributed by atoms with van der Waals surface area (Å²) in [5.74, 6) is 2.38. The molecule has 0 saturated carbocycles. The Labute approximate surface area is 194 Å². The molecule has 1 amide bonds. The molecule has 3 heterocycles. The molecule has 166 valence electrons. The van der Waals surface area contributed by atoms with Crippen molar-refractivity contribution < 1.29 is 18.8 Å². The fourth-order valence-corrected chi connectivity index (χ4v) is 4.43. The van der Waals surface area contributed by atoms with Crippen molar-refractivity contribution in [3.8, 4) is 22.9 Å². The summed E-state index contributed by atoms with van der Waals surface area (Å²) in [5.41, 5.74) is 1.61. The predicted molar refractivity (Wildman–Crippen MR) is 121 cm³/mol. The average molecular weight is 499 g/mol. The highest BCUT2D eigenvalue weighted by molar-refractivity contribution is 9.10. The van der Waals surface area contributed by atoms with Gasteiger partial charge in [-0.15, -0.1) is 0 Å². The molecule has 0 spiro atoms. The molecule has 8 nitrogen and oxygen atoms in total. The molecule has 3 aromatic rings. The molecule has 32 heavy (non-hydrogen) atoms. The summed E-state index contributed by atoms with van der Waals surface area (Å²) in [6, 6.07) is 13.3. The molecule has 1 atom stereocenters. The van der Waals surface area contributed by atoms with Crippen molar-refractivity contribution in [3.63, 3.8) is 0 Å². The van der Waals surface area contributed by atoms with Crippen LogP contribution >= 0.6 is 15.9 Å². The number of hydrogen-bond acceptors (Lipinski definition) is 7. The lowest BCUT2D eigenvalue weighted by molar-refractivity contribution is -0.121. The summed E-state index contributed by atoms with van der Waals surface area (Å²) in [5, 5.41) is 7.12. The van der Waals surface area contributed by atoms with Crippen molar-refractivity contribution in [2.45, 2.75) is 19.4 Å². The highest BCUT2D eigenvalue weighted by Gasteiger charge is 2.27. The third-order valence-electron chi connectivity index (χ3n) is 5.60. The van der Waals surface area contributed by atoms with Crippen LogP contribution in [0, 0.1) is 5.92 Å². The largest absolute Gasteiger partial charge is 0.486 e. The number of amides is 1. The maximum absolute atomic E-state index is 12.9. The second-order valence-electron chi connectivity index (χ2n) is 7.94. The van der Waals surface area contributed by atoms with Crippen molar-refractivity contribution in [3.05, 3.63) is 52.8 Å². The number of likely N-dealkylation sites (tertiary alicyclic amines) is 1. The number of carbonyl (C=O) groups is 1. The molecule has 1 unspecified atom stereocenters. The van der Waals surface area contributed by atoms with Gasteiger partial charge in [0, 0.05) is 28.3 Å². The maximum atomic E-state index is 12.9. The first kappa shape index (κ1) is 21.0. The van der Waals surface area contributed by atoms with Gasteiger partial charge in [-0.25, -0.2) is 0 Å². The number of rotatable bonds is 5. The lowest BCUT2D eigenvalue weighted by Gasteiger charge is -2.31. The zero-order valence-electron chi connectivity index (χ0n) is 17.4. The molecule has 2 aromatic carbocycles. The van der Waals surface area contributed by atoms with E-state index in [1.165, 1.54) is 0 Å². The molecular formula is C23H23BrN4O4. The highest BCUT2D eigenvalue weighted by atomic mass is 79.9. The highest BCUT2D eigenvalue weighted by Crippen LogP contribution is 2.33. The van der Waals surface area contributed by atoms with E-state index in [2.05, 4.69) is 36.3 Å². The number of benzene rings is 2. The van der Waals surface area contributed by atoms with Gasteiger partial charge < -0.3 is 19.3 Å². The lowest BCUT2D eigenvalue weighted by atomic mass is 9.97. The van der Waals surface area contributed by atoms with Crippen molar-refractivity contribution in [1.29, 1.82) is 0 Å². The maximum Gasteiger partial charge on any atom is 0.241 e. The van der Waals surface area contributed by atoms with Crippen molar-refractivity contribution in [2.24, 2.45) is 5.92 Å². The van der Waals surface area contributed by atoms with E-state index >= 15 is 0 Å². The number of halogens is 1. The summed E-state index contributed by atoms with van der Waals surface area (Å²) < 4.78 is 17.6. The third-order valence-corrected chi connectivity index (χ3v) is 6.09. The number of hydrogen-bond donors (Lipinski definition) is 1. The molecule has 0 radical (unpaired) electrons. The number of aromatic nitrogens is 2. The van der Waals surface area contributed by atoms with Crippen LogP contribution in [0.1, 0.15) is 18.7 Å². The third kappa shape index (κ3) is 4.78. The summed E-state index contributed by atoms with van der Waals surface area (Å²) >= 11 is 3.46. The van der Waals surface area contributed by atoms with E-state index in [4.69, 9.17) is 14.0 Å². The van der Waals surface area contributed by atoms with Crippen molar-refractivity contribution >= 4 is 27.5 Å². The summed E-state index contributed by atoms with van der Waals surface area (Å²) in [6.07, 6.45) is 1.78. The fourth-order valence-electron chi connectivity index (χ4n) is 4.03. The molecule has 1 N–H and O–H groups in total. The Bertz CT molecular complexity index is 1120. The Morgan fingerprint density at radius 1 is 1.16 bits per heavy atom. The van der Waals surface area contributed by atoms with E-state index in [1.54, 1.807) is 0 Å². The van der Waals surface area contributed by atoms with E-state index in [9.17, 15) is 4.79 Å². The number of nitrogens with zero attached hydrogens (tertiary/aromatic N) is 3. The summed E-state index contributed by atoms with van der Waals surface area (Å²) in [7, 11) is 0. The van der Waals surface area contributed by atoms with Crippen molar-refractivity contribution in [1.82, 2.24) is 15.0 Å². The van der Waals surface area contributed by atoms with Gasteiger partial charge in [0.15, 0.2) is 11.5 Å². The Morgan fingerprint density at radius 2 is 2.03 bits per heavy atom. The topological polar surface area (TPSA) is 89.7 Å². The van der Waals surface area contributed by atoms with E-state index < -0.39 is 0 Å². The number of nitrogens with one attached hydrogen (secondary N) is 1. The first-order valence-corrected chi connectivity index (χ1v) is 11.4. The van der Waals surface area contributed by atoms with Gasteiger partial charge in [-0.2, -0.15) is 4.98 Å². The summed E-state index contributed by atoms with van der Waals surface area (Å²) in [4.78, 5) is 19.6. The predicted octanol–water partition coefficient (Wildman–Crippen LogP) is 4.12. The number of anilines is 1. The Kier molecular flexibility index (Phi) is 6.09. The first-order chi connectivity index (χ1) is 15.6. The Hall–Kier alpha value is -2.91. The molecule has 1 saturated heterocycles. The Balaban J connectivity index is 1.20. The molecule has 5 rings (SSSR count). The molecule has 9 heteroatoms. The monoisotopic (exact) mass is 498 g/mol. The van der Waals surface area contributed by atoms with Gasteiger partial charge in [-0.1, -0.05) is 33.2 Å². The minimum atomic E-state index is -0.107.